The predicted molar refractivity (Wildman–Crippen MR) is 95.6 cm³/mol. The average molecular weight is 354 g/mol. The largest absolute Gasteiger partial charge is 0.508 e. The van der Waals surface area contributed by atoms with Crippen LogP contribution in [0, 0.1) is 6.92 Å². The van der Waals surface area contributed by atoms with Gasteiger partial charge in [0.2, 0.25) is 0 Å². The molecular formula is C20H18O6. The fraction of sp³-hybridized carbons (Fsp3) is 0.200. The number of hydrogen-bond acceptors (Lipinski definition) is 6. The first-order valence-corrected chi connectivity index (χ1v) is 8.15. The van der Waals surface area contributed by atoms with E-state index in [4.69, 9.17) is 13.9 Å². The molecule has 6 nitrogen and oxygen atoms in total. The highest BCUT2D eigenvalue weighted by atomic mass is 16.5. The summed E-state index contributed by atoms with van der Waals surface area (Å²) >= 11 is 0. The molecule has 3 rings (SSSR count). The van der Waals surface area contributed by atoms with E-state index in [9.17, 15) is 14.7 Å². The third-order valence-corrected chi connectivity index (χ3v) is 3.98. The molecule has 0 spiro atoms. The van der Waals surface area contributed by atoms with Gasteiger partial charge in [-0.25, -0.2) is 9.59 Å². The van der Waals surface area contributed by atoms with Gasteiger partial charge in [-0.2, -0.15) is 0 Å². The van der Waals surface area contributed by atoms with E-state index in [-0.39, 0.29) is 17.9 Å². The lowest BCUT2D eigenvalue weighted by Crippen LogP contribution is -2.10. The lowest BCUT2D eigenvalue weighted by atomic mass is 10.1. The molecule has 0 atom stereocenters. The molecule has 2 aromatic carbocycles. The molecule has 0 saturated heterocycles. The first-order chi connectivity index (χ1) is 12.5. The van der Waals surface area contributed by atoms with Crippen LogP contribution in [0.1, 0.15) is 28.4 Å². The number of fused-ring (bicyclic) bond motifs is 1. The lowest BCUT2D eigenvalue weighted by molar-refractivity contribution is 0.0469. The SMILES string of the molecule is CCOc1ccccc1C(=O)OCc1cc(=O)oc2c(C)c(O)ccc12. The van der Waals surface area contributed by atoms with Crippen molar-refractivity contribution < 1.29 is 23.8 Å². The highest BCUT2D eigenvalue weighted by Gasteiger charge is 2.16. The first-order valence-electron chi connectivity index (χ1n) is 8.15. The van der Waals surface area contributed by atoms with Gasteiger partial charge in [-0.1, -0.05) is 12.1 Å². The van der Waals surface area contributed by atoms with E-state index in [2.05, 4.69) is 0 Å². The summed E-state index contributed by atoms with van der Waals surface area (Å²) in [6, 6.07) is 11.2. The van der Waals surface area contributed by atoms with Crippen LogP contribution in [0.4, 0.5) is 0 Å². The smallest absolute Gasteiger partial charge is 0.342 e. The Labute approximate surface area is 149 Å². The monoisotopic (exact) mass is 354 g/mol. The number of benzene rings is 2. The fourth-order valence-corrected chi connectivity index (χ4v) is 2.67. The highest BCUT2D eigenvalue weighted by Crippen LogP contribution is 2.28. The molecular weight excluding hydrogens is 336 g/mol. The summed E-state index contributed by atoms with van der Waals surface area (Å²) in [7, 11) is 0. The van der Waals surface area contributed by atoms with E-state index in [1.54, 1.807) is 37.3 Å². The maximum atomic E-state index is 12.4. The second kappa shape index (κ2) is 7.31. The van der Waals surface area contributed by atoms with Crippen molar-refractivity contribution in [2.45, 2.75) is 20.5 Å². The third kappa shape index (κ3) is 3.39. The maximum Gasteiger partial charge on any atom is 0.342 e. The van der Waals surface area contributed by atoms with Crippen LogP contribution >= 0.6 is 0 Å². The van der Waals surface area contributed by atoms with Gasteiger partial charge in [0.1, 0.15) is 29.3 Å². The number of para-hydroxylation sites is 1. The lowest BCUT2D eigenvalue weighted by Gasteiger charge is -2.11. The zero-order chi connectivity index (χ0) is 18.7. The first kappa shape index (κ1) is 17.5. The van der Waals surface area contributed by atoms with Crippen LogP contribution in [0.15, 0.2) is 51.7 Å². The molecule has 0 aliphatic carbocycles. The van der Waals surface area contributed by atoms with Gasteiger partial charge < -0.3 is 19.0 Å². The molecule has 0 bridgehead atoms. The Morgan fingerprint density at radius 3 is 2.73 bits per heavy atom. The minimum Gasteiger partial charge on any atom is -0.508 e. The normalized spacial score (nSPS) is 10.7. The Morgan fingerprint density at radius 2 is 1.96 bits per heavy atom. The Balaban J connectivity index is 1.90. The summed E-state index contributed by atoms with van der Waals surface area (Å²) in [5, 5.41) is 10.4. The van der Waals surface area contributed by atoms with E-state index < -0.39 is 11.6 Å². The number of ether oxygens (including phenoxy) is 2. The van der Waals surface area contributed by atoms with Crippen molar-refractivity contribution in [3.8, 4) is 11.5 Å². The average Bonchev–Trinajstić information content (AvgIpc) is 2.63. The fourth-order valence-electron chi connectivity index (χ4n) is 2.67. The molecule has 0 amide bonds. The number of hydrogen-bond donors (Lipinski definition) is 1. The molecule has 0 saturated carbocycles. The second-order valence-corrected chi connectivity index (χ2v) is 5.68. The van der Waals surface area contributed by atoms with Gasteiger partial charge in [0.25, 0.3) is 0 Å². The number of carbonyl (C=O) groups is 1. The maximum absolute atomic E-state index is 12.4. The summed E-state index contributed by atoms with van der Waals surface area (Å²) in [5.41, 5.74) is 0.969. The molecule has 1 aromatic heterocycles. The van der Waals surface area contributed by atoms with Crippen LogP contribution in [-0.4, -0.2) is 17.7 Å². The molecule has 3 aromatic rings. The van der Waals surface area contributed by atoms with Crippen molar-refractivity contribution in [2.24, 2.45) is 0 Å². The number of esters is 1. The van der Waals surface area contributed by atoms with Crippen molar-refractivity contribution in [3.05, 3.63) is 69.6 Å². The van der Waals surface area contributed by atoms with Crippen molar-refractivity contribution in [2.75, 3.05) is 6.61 Å². The van der Waals surface area contributed by atoms with E-state index in [1.165, 1.54) is 12.1 Å². The van der Waals surface area contributed by atoms with E-state index in [0.717, 1.165) is 0 Å². The molecule has 0 radical (unpaired) electrons. The zero-order valence-electron chi connectivity index (χ0n) is 14.4. The Hall–Kier alpha value is -3.28. The zero-order valence-corrected chi connectivity index (χ0v) is 14.4. The van der Waals surface area contributed by atoms with Crippen molar-refractivity contribution in [1.82, 2.24) is 0 Å². The molecule has 0 unspecified atom stereocenters. The topological polar surface area (TPSA) is 86.0 Å². The van der Waals surface area contributed by atoms with Gasteiger partial charge in [0.15, 0.2) is 0 Å². The van der Waals surface area contributed by atoms with E-state index in [0.29, 0.717) is 34.4 Å². The summed E-state index contributed by atoms with van der Waals surface area (Å²) in [6.07, 6.45) is 0. The quantitative estimate of drug-likeness (QED) is 0.557. The van der Waals surface area contributed by atoms with Crippen LogP contribution in [0.3, 0.4) is 0 Å². The van der Waals surface area contributed by atoms with Gasteiger partial charge in [-0.15, -0.1) is 0 Å². The molecule has 6 heteroatoms. The summed E-state index contributed by atoms with van der Waals surface area (Å²) in [4.78, 5) is 24.2. The molecule has 1 N–H and O–H groups in total. The minimum absolute atomic E-state index is 0.0282. The minimum atomic E-state index is -0.577. The van der Waals surface area contributed by atoms with E-state index in [1.807, 2.05) is 6.92 Å². The van der Waals surface area contributed by atoms with Gasteiger partial charge in [-0.05, 0) is 38.1 Å². The van der Waals surface area contributed by atoms with Crippen molar-refractivity contribution >= 4 is 16.9 Å². The van der Waals surface area contributed by atoms with Gasteiger partial charge >= 0.3 is 11.6 Å². The second-order valence-electron chi connectivity index (χ2n) is 5.68. The Kier molecular flexibility index (Phi) is 4.93. The van der Waals surface area contributed by atoms with Crippen LogP contribution < -0.4 is 10.4 Å². The molecule has 0 aliphatic rings. The van der Waals surface area contributed by atoms with Gasteiger partial charge in [0.05, 0.1) is 6.61 Å². The number of phenolic OH excluding ortho intramolecular Hbond substituents is 1. The van der Waals surface area contributed by atoms with Crippen molar-refractivity contribution in [1.29, 1.82) is 0 Å². The van der Waals surface area contributed by atoms with Gasteiger partial charge in [0, 0.05) is 22.6 Å². The third-order valence-electron chi connectivity index (χ3n) is 3.98. The summed E-state index contributed by atoms with van der Waals surface area (Å²) in [6.45, 7) is 3.80. The molecule has 134 valence electrons. The number of carbonyl (C=O) groups excluding carboxylic acids is 1. The molecule has 0 fully saturated rings. The van der Waals surface area contributed by atoms with Crippen LogP contribution in [0.25, 0.3) is 11.0 Å². The number of aromatic hydroxyl groups is 1. The molecule has 26 heavy (non-hydrogen) atoms. The number of rotatable bonds is 5. The van der Waals surface area contributed by atoms with Gasteiger partial charge in [-0.3, -0.25) is 0 Å². The number of phenols is 1. The standard InChI is InChI=1S/C20H18O6/c1-3-24-17-7-5-4-6-15(17)20(23)25-11-13-10-18(22)26-19-12(2)16(21)9-8-14(13)19/h4-10,21H,3,11H2,1-2H3. The van der Waals surface area contributed by atoms with E-state index >= 15 is 0 Å². The van der Waals surface area contributed by atoms with Crippen LogP contribution in [-0.2, 0) is 11.3 Å². The molecule has 1 heterocycles. The Bertz CT molecular complexity index is 1020. The summed E-state index contributed by atoms with van der Waals surface area (Å²) < 4.78 is 16.0. The highest BCUT2D eigenvalue weighted by molar-refractivity contribution is 5.92. The Morgan fingerprint density at radius 1 is 1.19 bits per heavy atom. The van der Waals surface area contributed by atoms with Crippen LogP contribution in [0.5, 0.6) is 11.5 Å². The van der Waals surface area contributed by atoms with Crippen molar-refractivity contribution in [3.63, 3.8) is 0 Å². The number of aryl methyl sites for hydroxylation is 1. The van der Waals surface area contributed by atoms with Crippen LogP contribution in [0.2, 0.25) is 0 Å². The predicted octanol–water partition coefficient (Wildman–Crippen LogP) is 3.56. The molecule has 0 aliphatic heterocycles. The summed E-state index contributed by atoms with van der Waals surface area (Å²) in [5.74, 6) is -0.0791.